The number of rotatable bonds is 13. The molecule has 0 radical (unpaired) electrons. The zero-order valence-electron chi connectivity index (χ0n) is 24.1. The normalized spacial score (nSPS) is 23.1. The molecule has 2 aromatic carbocycles. The first-order valence-corrected chi connectivity index (χ1v) is 16.2. The number of aliphatic imine (C=N–C) groups is 1. The van der Waals surface area contributed by atoms with Crippen LogP contribution in [0.25, 0.3) is 0 Å². The third kappa shape index (κ3) is 8.96. The van der Waals surface area contributed by atoms with Crippen molar-refractivity contribution in [1.29, 1.82) is 0 Å². The quantitative estimate of drug-likeness (QED) is 0.241. The SMILES string of the molecule is Clc1ccc(OCC2=Nc3c(OCCCC4CCCNC4)cccc3C(CCCCC3CCCNC3)CC2)cc1. The van der Waals surface area contributed by atoms with E-state index in [1.807, 2.05) is 24.3 Å². The number of hydrogen-bond donors (Lipinski definition) is 2. The molecule has 3 aliphatic rings. The summed E-state index contributed by atoms with van der Waals surface area (Å²) in [5.41, 5.74) is 3.49. The molecular formula is C34H48ClN3O2. The number of fused-ring (bicyclic) bond motifs is 1. The zero-order chi connectivity index (χ0) is 27.4. The van der Waals surface area contributed by atoms with Crippen LogP contribution in [0.5, 0.6) is 11.5 Å². The van der Waals surface area contributed by atoms with Gasteiger partial charge in [0.05, 0.1) is 12.3 Å². The summed E-state index contributed by atoms with van der Waals surface area (Å²) in [5, 5.41) is 7.83. The van der Waals surface area contributed by atoms with Gasteiger partial charge in [0, 0.05) is 5.02 Å². The highest BCUT2D eigenvalue weighted by Crippen LogP contribution is 2.42. The number of piperidine rings is 2. The number of nitrogens with zero attached hydrogens (tertiary/aromatic N) is 1. The van der Waals surface area contributed by atoms with Crippen molar-refractivity contribution in [2.24, 2.45) is 16.8 Å². The largest absolute Gasteiger partial charge is 0.491 e. The van der Waals surface area contributed by atoms with Crippen LogP contribution < -0.4 is 20.1 Å². The Morgan fingerprint density at radius 3 is 2.25 bits per heavy atom. The molecule has 0 aromatic heterocycles. The minimum absolute atomic E-state index is 0.492. The van der Waals surface area contributed by atoms with E-state index in [2.05, 4.69) is 28.8 Å². The van der Waals surface area contributed by atoms with Crippen LogP contribution in [0.3, 0.4) is 0 Å². The van der Waals surface area contributed by atoms with Crippen molar-refractivity contribution in [1.82, 2.24) is 10.6 Å². The van der Waals surface area contributed by atoms with E-state index in [4.69, 9.17) is 26.1 Å². The molecule has 0 aliphatic carbocycles. The summed E-state index contributed by atoms with van der Waals surface area (Å²) in [6.45, 7) is 5.96. The second-order valence-corrected chi connectivity index (χ2v) is 12.5. The third-order valence-electron chi connectivity index (χ3n) is 8.97. The van der Waals surface area contributed by atoms with E-state index in [-0.39, 0.29) is 0 Å². The second-order valence-electron chi connectivity index (χ2n) is 12.1. The van der Waals surface area contributed by atoms with Crippen LogP contribution in [0.1, 0.15) is 88.5 Å². The molecule has 5 rings (SSSR count). The van der Waals surface area contributed by atoms with E-state index in [0.29, 0.717) is 12.5 Å². The number of nitrogens with one attached hydrogen (secondary N) is 2. The first-order valence-electron chi connectivity index (χ1n) is 15.9. The molecule has 3 heterocycles. The van der Waals surface area contributed by atoms with Gasteiger partial charge in [0.2, 0.25) is 0 Å². The van der Waals surface area contributed by atoms with Crippen molar-refractivity contribution in [3.8, 4) is 11.5 Å². The van der Waals surface area contributed by atoms with Crippen molar-refractivity contribution >= 4 is 23.0 Å². The van der Waals surface area contributed by atoms with Gasteiger partial charge in [0.15, 0.2) is 0 Å². The highest BCUT2D eigenvalue weighted by atomic mass is 35.5. The minimum Gasteiger partial charge on any atom is -0.491 e. The number of unbranched alkanes of at least 4 members (excludes halogenated alkanes) is 1. The summed E-state index contributed by atoms with van der Waals surface area (Å²) in [4.78, 5) is 5.21. The van der Waals surface area contributed by atoms with Crippen molar-refractivity contribution in [2.75, 3.05) is 39.4 Å². The maximum Gasteiger partial charge on any atom is 0.145 e. The lowest BCUT2D eigenvalue weighted by molar-refractivity contribution is 0.276. The molecule has 0 bridgehead atoms. The fraction of sp³-hybridized carbons (Fsp3) is 0.618. The predicted octanol–water partition coefficient (Wildman–Crippen LogP) is 8.09. The Balaban J connectivity index is 1.23. The highest BCUT2D eigenvalue weighted by Gasteiger charge is 2.24. The van der Waals surface area contributed by atoms with Crippen LogP contribution in [0.2, 0.25) is 5.02 Å². The van der Waals surface area contributed by atoms with Gasteiger partial charge in [0.1, 0.15) is 23.8 Å². The summed E-state index contributed by atoms with van der Waals surface area (Å²) < 4.78 is 12.6. The summed E-state index contributed by atoms with van der Waals surface area (Å²) in [7, 11) is 0. The molecule has 5 nitrogen and oxygen atoms in total. The van der Waals surface area contributed by atoms with E-state index in [9.17, 15) is 0 Å². The third-order valence-corrected chi connectivity index (χ3v) is 9.22. The molecule has 0 amide bonds. The Morgan fingerprint density at radius 2 is 1.52 bits per heavy atom. The van der Waals surface area contributed by atoms with Gasteiger partial charge in [-0.15, -0.1) is 0 Å². The Hall–Kier alpha value is -2.08. The highest BCUT2D eigenvalue weighted by molar-refractivity contribution is 6.30. The average molecular weight is 566 g/mol. The summed E-state index contributed by atoms with van der Waals surface area (Å²) in [6.07, 6.45) is 14.9. The van der Waals surface area contributed by atoms with E-state index in [1.54, 1.807) is 0 Å². The summed E-state index contributed by atoms with van der Waals surface area (Å²) in [5.74, 6) is 3.91. The lowest BCUT2D eigenvalue weighted by Crippen LogP contribution is -2.29. The summed E-state index contributed by atoms with van der Waals surface area (Å²) >= 11 is 6.06. The van der Waals surface area contributed by atoms with Crippen molar-refractivity contribution in [3.05, 3.63) is 53.1 Å². The first-order chi connectivity index (χ1) is 19.7. The van der Waals surface area contributed by atoms with Crippen LogP contribution in [-0.4, -0.2) is 45.1 Å². The molecule has 2 aromatic rings. The molecule has 0 saturated carbocycles. The molecule has 0 spiro atoms. The average Bonchev–Trinajstić information content (AvgIpc) is 3.18. The molecule has 218 valence electrons. The second kappa shape index (κ2) is 15.8. The fourth-order valence-corrected chi connectivity index (χ4v) is 6.76. The smallest absolute Gasteiger partial charge is 0.145 e. The number of benzene rings is 2. The van der Waals surface area contributed by atoms with Gasteiger partial charge >= 0.3 is 0 Å². The Kier molecular flexibility index (Phi) is 11.6. The van der Waals surface area contributed by atoms with E-state index in [0.717, 1.165) is 72.2 Å². The molecule has 3 atom stereocenters. The zero-order valence-corrected chi connectivity index (χ0v) is 24.9. The molecular weight excluding hydrogens is 518 g/mol. The number of hydrogen-bond acceptors (Lipinski definition) is 5. The minimum atomic E-state index is 0.492. The van der Waals surface area contributed by atoms with Crippen LogP contribution in [-0.2, 0) is 0 Å². The predicted molar refractivity (Wildman–Crippen MR) is 167 cm³/mol. The van der Waals surface area contributed by atoms with Gasteiger partial charge in [-0.2, -0.15) is 0 Å². The van der Waals surface area contributed by atoms with Crippen molar-refractivity contribution < 1.29 is 9.47 Å². The van der Waals surface area contributed by atoms with Crippen LogP contribution >= 0.6 is 11.6 Å². The number of halogens is 1. The van der Waals surface area contributed by atoms with Gasteiger partial charge in [0.25, 0.3) is 0 Å². The standard InChI is InChI=1S/C34H48ClN3O2/c35-29-15-18-31(19-16-29)40-25-30-17-14-28(11-2-1-7-26-8-4-20-36-23-26)32-12-3-13-33(34(32)38-30)39-22-6-10-27-9-5-21-37-24-27/h3,12-13,15-16,18-19,26-28,36-37H,1-2,4-11,14,17,20-25H2. The molecule has 2 fully saturated rings. The van der Waals surface area contributed by atoms with E-state index in [1.165, 1.54) is 83.0 Å². The number of ether oxygens (including phenoxy) is 2. The van der Waals surface area contributed by atoms with Crippen molar-refractivity contribution in [2.45, 2.75) is 83.0 Å². The van der Waals surface area contributed by atoms with Crippen LogP contribution in [0.4, 0.5) is 5.69 Å². The van der Waals surface area contributed by atoms with Gasteiger partial charge in [-0.25, -0.2) is 0 Å². The van der Waals surface area contributed by atoms with Gasteiger partial charge in [-0.3, -0.25) is 4.99 Å². The molecule has 40 heavy (non-hydrogen) atoms. The lowest BCUT2D eigenvalue weighted by Gasteiger charge is -2.23. The van der Waals surface area contributed by atoms with E-state index >= 15 is 0 Å². The molecule has 3 aliphatic heterocycles. The molecule has 2 N–H and O–H groups in total. The topological polar surface area (TPSA) is 54.9 Å². The first kappa shape index (κ1) is 29.4. The van der Waals surface area contributed by atoms with Gasteiger partial charge in [-0.05, 0) is 144 Å². The van der Waals surface area contributed by atoms with Gasteiger partial charge in [-0.1, -0.05) is 36.6 Å². The molecule has 2 saturated heterocycles. The Labute approximate surface area is 246 Å². The van der Waals surface area contributed by atoms with Crippen LogP contribution in [0, 0.1) is 11.8 Å². The van der Waals surface area contributed by atoms with Gasteiger partial charge < -0.3 is 20.1 Å². The number of para-hydroxylation sites is 1. The molecule has 3 unspecified atom stereocenters. The Bertz CT molecular complexity index is 1060. The lowest BCUT2D eigenvalue weighted by atomic mass is 9.87. The maximum atomic E-state index is 6.44. The fourth-order valence-electron chi connectivity index (χ4n) is 6.64. The van der Waals surface area contributed by atoms with Crippen LogP contribution in [0.15, 0.2) is 47.5 Å². The molecule has 6 heteroatoms. The van der Waals surface area contributed by atoms with E-state index < -0.39 is 0 Å². The monoisotopic (exact) mass is 565 g/mol. The Morgan fingerprint density at radius 1 is 0.800 bits per heavy atom. The van der Waals surface area contributed by atoms with Crippen molar-refractivity contribution in [3.63, 3.8) is 0 Å². The maximum absolute atomic E-state index is 6.44. The summed E-state index contributed by atoms with van der Waals surface area (Å²) in [6, 6.07) is 14.2.